The lowest BCUT2D eigenvalue weighted by Crippen LogP contribution is -2.34. The number of fused-ring (bicyclic) bond motifs is 1. The van der Waals surface area contributed by atoms with Gasteiger partial charge in [0.25, 0.3) is 0 Å². The average molecular weight is 351 g/mol. The fourth-order valence-corrected chi connectivity index (χ4v) is 3.47. The molecular formula is C16H23BrN4. The molecule has 0 amide bonds. The van der Waals surface area contributed by atoms with Gasteiger partial charge in [0.1, 0.15) is 5.52 Å². The van der Waals surface area contributed by atoms with Gasteiger partial charge in [-0.15, -0.1) is 0 Å². The maximum absolute atomic E-state index is 4.71. The summed E-state index contributed by atoms with van der Waals surface area (Å²) in [6, 6.07) is 2.19. The first-order valence-electron chi connectivity index (χ1n) is 7.65. The minimum Gasteiger partial charge on any atom is -0.355 e. The summed E-state index contributed by atoms with van der Waals surface area (Å²) in [5, 5.41) is 5.82. The number of hydrogen-bond donors (Lipinski definition) is 0. The molecule has 5 heteroatoms. The molecule has 0 spiro atoms. The van der Waals surface area contributed by atoms with E-state index in [9.17, 15) is 0 Å². The molecule has 0 aromatic carbocycles. The van der Waals surface area contributed by atoms with E-state index in [1.54, 1.807) is 0 Å². The van der Waals surface area contributed by atoms with E-state index in [-0.39, 0.29) is 5.41 Å². The number of aromatic nitrogens is 3. The third kappa shape index (κ3) is 2.93. The van der Waals surface area contributed by atoms with E-state index in [0.29, 0.717) is 0 Å². The predicted molar refractivity (Wildman–Crippen MR) is 90.4 cm³/mol. The van der Waals surface area contributed by atoms with Crippen LogP contribution in [0.25, 0.3) is 5.52 Å². The van der Waals surface area contributed by atoms with Crippen LogP contribution >= 0.6 is 15.9 Å². The number of nitrogens with zero attached hydrogens (tertiary/aromatic N) is 4. The number of piperidine rings is 1. The van der Waals surface area contributed by atoms with Crippen LogP contribution in [0.15, 0.2) is 18.5 Å². The highest BCUT2D eigenvalue weighted by molar-refractivity contribution is 9.09. The molecule has 1 saturated heterocycles. The smallest absolute Gasteiger partial charge is 0.154 e. The molecule has 0 atom stereocenters. The van der Waals surface area contributed by atoms with E-state index < -0.39 is 0 Å². The van der Waals surface area contributed by atoms with E-state index in [1.165, 1.54) is 12.8 Å². The zero-order valence-electron chi connectivity index (χ0n) is 13.0. The van der Waals surface area contributed by atoms with Crippen LogP contribution in [0, 0.1) is 5.92 Å². The second kappa shape index (κ2) is 5.59. The monoisotopic (exact) mass is 350 g/mol. The number of anilines is 1. The molecule has 1 fully saturated rings. The summed E-state index contributed by atoms with van der Waals surface area (Å²) in [5.74, 6) is 1.88. The van der Waals surface area contributed by atoms with Crippen LogP contribution in [0.2, 0.25) is 0 Å². The van der Waals surface area contributed by atoms with Crippen molar-refractivity contribution >= 4 is 27.3 Å². The van der Waals surface area contributed by atoms with Crippen LogP contribution in [0.3, 0.4) is 0 Å². The highest BCUT2D eigenvalue weighted by Gasteiger charge is 2.23. The standard InChI is InChI=1S/C16H23BrN4/c1-16(2,3)14-10-13-15(18-6-9-21(13)19-14)20-7-4-12(11-17)5-8-20/h6,9-10,12H,4-5,7-8,11H2,1-3H3. The van der Waals surface area contributed by atoms with Gasteiger partial charge in [-0.2, -0.15) is 5.10 Å². The Morgan fingerprint density at radius 2 is 2.00 bits per heavy atom. The zero-order chi connectivity index (χ0) is 15.0. The third-order valence-electron chi connectivity index (χ3n) is 4.27. The molecule has 0 unspecified atom stereocenters. The van der Waals surface area contributed by atoms with Crippen LogP contribution < -0.4 is 4.90 Å². The van der Waals surface area contributed by atoms with Crippen molar-refractivity contribution in [1.82, 2.24) is 14.6 Å². The minimum atomic E-state index is 0.0618. The number of rotatable bonds is 2. The molecule has 21 heavy (non-hydrogen) atoms. The molecule has 0 radical (unpaired) electrons. The van der Waals surface area contributed by atoms with Gasteiger partial charge in [-0.25, -0.2) is 9.50 Å². The maximum Gasteiger partial charge on any atom is 0.154 e. The Morgan fingerprint density at radius 1 is 1.29 bits per heavy atom. The van der Waals surface area contributed by atoms with Crippen LogP contribution in [0.1, 0.15) is 39.3 Å². The van der Waals surface area contributed by atoms with Crippen molar-refractivity contribution in [3.63, 3.8) is 0 Å². The van der Waals surface area contributed by atoms with Gasteiger partial charge >= 0.3 is 0 Å². The Hall–Kier alpha value is -1.10. The van der Waals surface area contributed by atoms with Crippen molar-refractivity contribution in [1.29, 1.82) is 0 Å². The van der Waals surface area contributed by atoms with Gasteiger partial charge < -0.3 is 4.90 Å². The summed E-state index contributed by atoms with van der Waals surface area (Å²) in [4.78, 5) is 7.04. The molecule has 0 aliphatic carbocycles. The topological polar surface area (TPSA) is 33.4 Å². The van der Waals surface area contributed by atoms with Crippen LogP contribution in [0.4, 0.5) is 5.82 Å². The van der Waals surface area contributed by atoms with Gasteiger partial charge in [0.2, 0.25) is 0 Å². The first kappa shape index (κ1) is 14.8. The Balaban J connectivity index is 1.94. The van der Waals surface area contributed by atoms with Gasteiger partial charge in [0.05, 0.1) is 5.69 Å². The van der Waals surface area contributed by atoms with E-state index in [0.717, 1.165) is 41.4 Å². The van der Waals surface area contributed by atoms with Crippen molar-refractivity contribution in [2.75, 3.05) is 23.3 Å². The van der Waals surface area contributed by atoms with E-state index >= 15 is 0 Å². The van der Waals surface area contributed by atoms with Crippen molar-refractivity contribution < 1.29 is 0 Å². The molecule has 3 heterocycles. The summed E-state index contributed by atoms with van der Waals surface area (Å²) >= 11 is 3.60. The minimum absolute atomic E-state index is 0.0618. The van der Waals surface area contributed by atoms with Crippen molar-refractivity contribution in [3.05, 3.63) is 24.2 Å². The fourth-order valence-electron chi connectivity index (χ4n) is 2.82. The average Bonchev–Trinajstić information content (AvgIpc) is 2.91. The van der Waals surface area contributed by atoms with Gasteiger partial charge in [0.15, 0.2) is 5.82 Å². The molecule has 2 aromatic rings. The second-order valence-electron chi connectivity index (χ2n) is 6.94. The Labute approximate surface area is 134 Å². The highest BCUT2D eigenvalue weighted by atomic mass is 79.9. The summed E-state index contributed by atoms with van der Waals surface area (Å²) in [6.07, 6.45) is 6.26. The number of hydrogen-bond acceptors (Lipinski definition) is 3. The van der Waals surface area contributed by atoms with Crippen LogP contribution in [0.5, 0.6) is 0 Å². The lowest BCUT2D eigenvalue weighted by Gasteiger charge is -2.32. The van der Waals surface area contributed by atoms with Crippen LogP contribution in [-0.4, -0.2) is 33.0 Å². The first-order chi connectivity index (χ1) is 9.99. The quantitative estimate of drug-likeness (QED) is 0.775. The lowest BCUT2D eigenvalue weighted by molar-refractivity contribution is 0.445. The van der Waals surface area contributed by atoms with Gasteiger partial charge in [-0.1, -0.05) is 36.7 Å². The van der Waals surface area contributed by atoms with Crippen molar-refractivity contribution in [2.45, 2.75) is 39.0 Å². The summed E-state index contributed by atoms with van der Waals surface area (Å²) in [5.41, 5.74) is 2.30. The molecule has 1 aliphatic rings. The van der Waals surface area contributed by atoms with Crippen molar-refractivity contribution in [2.24, 2.45) is 5.92 Å². The number of halogens is 1. The zero-order valence-corrected chi connectivity index (χ0v) is 14.6. The van der Waals surface area contributed by atoms with Gasteiger partial charge in [0, 0.05) is 36.2 Å². The summed E-state index contributed by atoms with van der Waals surface area (Å²) < 4.78 is 1.97. The molecule has 0 saturated carbocycles. The Morgan fingerprint density at radius 3 is 2.62 bits per heavy atom. The number of alkyl halides is 1. The molecule has 0 N–H and O–H groups in total. The predicted octanol–water partition coefficient (Wildman–Crippen LogP) is 3.64. The molecule has 2 aromatic heterocycles. The van der Waals surface area contributed by atoms with E-state index in [2.05, 4.69) is 52.7 Å². The van der Waals surface area contributed by atoms with E-state index in [1.807, 2.05) is 16.9 Å². The normalized spacial score (nSPS) is 17.6. The second-order valence-corrected chi connectivity index (χ2v) is 7.59. The maximum atomic E-state index is 4.71. The van der Waals surface area contributed by atoms with Crippen molar-refractivity contribution in [3.8, 4) is 0 Å². The molecule has 114 valence electrons. The molecule has 1 aliphatic heterocycles. The van der Waals surface area contributed by atoms with Gasteiger partial charge in [-0.05, 0) is 24.8 Å². The van der Waals surface area contributed by atoms with Gasteiger partial charge in [-0.3, -0.25) is 0 Å². The molecular weight excluding hydrogens is 328 g/mol. The summed E-state index contributed by atoms with van der Waals surface area (Å²) in [7, 11) is 0. The first-order valence-corrected chi connectivity index (χ1v) is 8.77. The largest absolute Gasteiger partial charge is 0.355 e. The SMILES string of the molecule is CC(C)(C)c1cc2c(N3CCC(CBr)CC3)nccn2n1. The highest BCUT2D eigenvalue weighted by Crippen LogP contribution is 2.29. The Bertz CT molecular complexity index is 621. The van der Waals surface area contributed by atoms with Crippen LogP contribution in [-0.2, 0) is 5.41 Å². The van der Waals surface area contributed by atoms with E-state index in [4.69, 9.17) is 5.10 Å². The molecule has 3 rings (SSSR count). The molecule has 4 nitrogen and oxygen atoms in total. The molecule has 0 bridgehead atoms. The third-order valence-corrected chi connectivity index (χ3v) is 5.19. The Kier molecular flexibility index (Phi) is 3.95. The lowest BCUT2D eigenvalue weighted by atomic mass is 9.92. The summed E-state index contributed by atoms with van der Waals surface area (Å²) in [6.45, 7) is 8.76. The fraction of sp³-hybridized carbons (Fsp3) is 0.625.